The lowest BCUT2D eigenvalue weighted by molar-refractivity contribution is -0.113. The van der Waals surface area contributed by atoms with Gasteiger partial charge in [-0.2, -0.15) is 0 Å². The van der Waals surface area contributed by atoms with Gasteiger partial charge < -0.3 is 14.6 Å². The van der Waals surface area contributed by atoms with E-state index in [1.54, 1.807) is 0 Å². The minimum Gasteiger partial charge on any atom is -0.494 e. The minimum absolute atomic E-state index is 0.0880. The fraction of sp³-hybridized carbons (Fsp3) is 0.500. The van der Waals surface area contributed by atoms with Crippen molar-refractivity contribution in [2.75, 3.05) is 17.7 Å². The fourth-order valence-corrected chi connectivity index (χ4v) is 5.47. The smallest absolute Gasteiger partial charge is 0.236 e. The largest absolute Gasteiger partial charge is 0.494 e. The van der Waals surface area contributed by atoms with Gasteiger partial charge >= 0.3 is 0 Å². The Hall–Kier alpha value is -2.13. The number of aromatic nitrogens is 4. The number of rotatable bonds is 7. The molecule has 7 nitrogen and oxygen atoms in total. The number of carbonyl (C=O) groups is 1. The van der Waals surface area contributed by atoms with E-state index in [1.165, 1.54) is 42.4 Å². The predicted octanol–water partition coefficient (Wildman–Crippen LogP) is 4.83. The van der Waals surface area contributed by atoms with E-state index in [2.05, 4.69) is 25.1 Å². The summed E-state index contributed by atoms with van der Waals surface area (Å²) in [6.45, 7) is 4.57. The van der Waals surface area contributed by atoms with E-state index in [-0.39, 0.29) is 11.7 Å². The van der Waals surface area contributed by atoms with Gasteiger partial charge in [-0.05, 0) is 44.9 Å². The van der Waals surface area contributed by atoms with Gasteiger partial charge in [-0.15, -0.1) is 10.2 Å². The van der Waals surface area contributed by atoms with Crippen molar-refractivity contribution in [1.82, 2.24) is 19.7 Å². The number of ether oxygens (including phenoxy) is 1. The molecule has 4 rings (SSSR count). The first kappa shape index (κ1) is 20.2. The summed E-state index contributed by atoms with van der Waals surface area (Å²) in [5.41, 5.74) is 0.856. The number of nitrogens with zero attached hydrogens (tertiary/aromatic N) is 4. The number of hydrogen-bond donors (Lipinski definition) is 1. The maximum Gasteiger partial charge on any atom is 0.236 e. The van der Waals surface area contributed by atoms with Crippen molar-refractivity contribution in [1.29, 1.82) is 0 Å². The van der Waals surface area contributed by atoms with Crippen molar-refractivity contribution in [3.05, 3.63) is 24.0 Å². The van der Waals surface area contributed by atoms with E-state index in [1.807, 2.05) is 32.0 Å². The molecule has 0 saturated heterocycles. The molecule has 0 spiro atoms. The lowest BCUT2D eigenvalue weighted by atomic mass is 9.95. The number of carbonyl (C=O) groups excluding carboxylic acids is 1. The van der Waals surface area contributed by atoms with Crippen molar-refractivity contribution >= 4 is 44.4 Å². The molecule has 154 valence electrons. The molecule has 0 atom stereocenters. The van der Waals surface area contributed by atoms with Crippen LogP contribution in [0.15, 0.2) is 23.4 Å². The minimum atomic E-state index is -0.0880. The summed E-state index contributed by atoms with van der Waals surface area (Å²) in [4.78, 5) is 17.0. The molecule has 1 aliphatic rings. The van der Waals surface area contributed by atoms with Crippen molar-refractivity contribution in [2.45, 2.75) is 57.1 Å². The van der Waals surface area contributed by atoms with Gasteiger partial charge in [-0.25, -0.2) is 4.98 Å². The monoisotopic (exact) mass is 431 g/mol. The van der Waals surface area contributed by atoms with E-state index in [0.717, 1.165) is 39.8 Å². The number of fused-ring (bicyclic) bond motifs is 1. The Kier molecular flexibility index (Phi) is 6.34. The fourth-order valence-electron chi connectivity index (χ4n) is 3.71. The number of amides is 1. The molecule has 1 amide bonds. The van der Waals surface area contributed by atoms with Crippen molar-refractivity contribution < 1.29 is 9.53 Å². The Morgan fingerprint density at radius 2 is 2.14 bits per heavy atom. The number of nitrogens with one attached hydrogen (secondary N) is 1. The second kappa shape index (κ2) is 9.13. The second-order valence-electron chi connectivity index (χ2n) is 7.11. The number of hydrogen-bond acceptors (Lipinski definition) is 7. The standard InChI is InChI=1S/C20H25N5O2S2/c1-3-27-15-9-10-16-17(11-15)29-19(21-16)22-18(26)12-28-20-24-23-13(2)25(20)14-7-5-4-6-8-14/h9-11,14H,3-8,12H2,1-2H3,(H,21,22,26). The summed E-state index contributed by atoms with van der Waals surface area (Å²) in [5.74, 6) is 1.94. The number of thiazole rings is 1. The molecular formula is C20H25N5O2S2. The Labute approximate surface area is 178 Å². The Morgan fingerprint density at radius 3 is 2.93 bits per heavy atom. The summed E-state index contributed by atoms with van der Waals surface area (Å²) in [6, 6.07) is 6.22. The second-order valence-corrected chi connectivity index (χ2v) is 9.08. The molecular weight excluding hydrogens is 406 g/mol. The molecule has 2 aromatic heterocycles. The molecule has 1 fully saturated rings. The normalized spacial score (nSPS) is 15.0. The van der Waals surface area contributed by atoms with Crippen LogP contribution in [0.4, 0.5) is 5.13 Å². The van der Waals surface area contributed by atoms with Crippen LogP contribution in [0, 0.1) is 6.92 Å². The summed E-state index contributed by atoms with van der Waals surface area (Å²) < 4.78 is 8.73. The SMILES string of the molecule is CCOc1ccc2nc(NC(=O)CSc3nnc(C)n3C3CCCCC3)sc2c1. The number of anilines is 1. The van der Waals surface area contributed by atoms with Gasteiger partial charge in [0.1, 0.15) is 11.6 Å². The third-order valence-corrected chi connectivity index (χ3v) is 6.90. The molecule has 1 aliphatic carbocycles. The van der Waals surface area contributed by atoms with Crippen LogP contribution in [0.25, 0.3) is 10.2 Å². The first-order chi connectivity index (χ1) is 14.1. The molecule has 0 radical (unpaired) electrons. The Bertz CT molecular complexity index is 994. The quantitative estimate of drug-likeness (QED) is 0.540. The molecule has 2 heterocycles. The molecule has 1 aromatic carbocycles. The maximum atomic E-state index is 12.5. The van der Waals surface area contributed by atoms with Gasteiger partial charge in [-0.1, -0.05) is 42.4 Å². The zero-order valence-corrected chi connectivity index (χ0v) is 18.3. The van der Waals surface area contributed by atoms with Gasteiger partial charge in [0.2, 0.25) is 5.91 Å². The van der Waals surface area contributed by atoms with Crippen LogP contribution in [0.3, 0.4) is 0 Å². The van der Waals surface area contributed by atoms with Crippen LogP contribution in [-0.4, -0.2) is 38.0 Å². The molecule has 1 saturated carbocycles. The predicted molar refractivity (Wildman–Crippen MR) is 117 cm³/mol. The average molecular weight is 432 g/mol. The summed E-state index contributed by atoms with van der Waals surface area (Å²) in [6.07, 6.45) is 6.12. The van der Waals surface area contributed by atoms with Crippen LogP contribution in [-0.2, 0) is 4.79 Å². The summed E-state index contributed by atoms with van der Waals surface area (Å²) in [7, 11) is 0. The van der Waals surface area contributed by atoms with Crippen LogP contribution in [0.5, 0.6) is 5.75 Å². The molecule has 1 N–H and O–H groups in total. The van der Waals surface area contributed by atoms with Gasteiger partial charge in [0.25, 0.3) is 0 Å². The van der Waals surface area contributed by atoms with Gasteiger partial charge in [-0.3, -0.25) is 4.79 Å². The average Bonchev–Trinajstić information content (AvgIpc) is 3.29. The topological polar surface area (TPSA) is 81.9 Å². The third kappa shape index (κ3) is 4.72. The third-order valence-electron chi connectivity index (χ3n) is 5.02. The Balaban J connectivity index is 1.39. The number of thioether (sulfide) groups is 1. The van der Waals surface area contributed by atoms with E-state index >= 15 is 0 Å². The highest BCUT2D eigenvalue weighted by molar-refractivity contribution is 7.99. The van der Waals surface area contributed by atoms with Crippen molar-refractivity contribution in [2.24, 2.45) is 0 Å². The van der Waals surface area contributed by atoms with E-state index in [9.17, 15) is 4.79 Å². The highest BCUT2D eigenvalue weighted by atomic mass is 32.2. The van der Waals surface area contributed by atoms with Crippen LogP contribution in [0.2, 0.25) is 0 Å². The highest BCUT2D eigenvalue weighted by Gasteiger charge is 2.22. The van der Waals surface area contributed by atoms with Gasteiger partial charge in [0, 0.05) is 6.04 Å². The van der Waals surface area contributed by atoms with Crippen molar-refractivity contribution in [3.63, 3.8) is 0 Å². The van der Waals surface area contributed by atoms with Gasteiger partial charge in [0.05, 0.1) is 22.6 Å². The van der Waals surface area contributed by atoms with Crippen LogP contribution >= 0.6 is 23.1 Å². The lowest BCUT2D eigenvalue weighted by Gasteiger charge is -2.24. The number of aryl methyl sites for hydroxylation is 1. The molecule has 0 unspecified atom stereocenters. The first-order valence-corrected chi connectivity index (χ1v) is 11.8. The lowest BCUT2D eigenvalue weighted by Crippen LogP contribution is -2.17. The van der Waals surface area contributed by atoms with Crippen LogP contribution in [0.1, 0.15) is 50.9 Å². The molecule has 0 aliphatic heterocycles. The van der Waals surface area contributed by atoms with E-state index in [4.69, 9.17) is 4.74 Å². The summed E-state index contributed by atoms with van der Waals surface area (Å²) in [5, 5.41) is 12.9. The zero-order valence-electron chi connectivity index (χ0n) is 16.7. The Morgan fingerprint density at radius 1 is 1.31 bits per heavy atom. The molecule has 3 aromatic rings. The van der Waals surface area contributed by atoms with Crippen molar-refractivity contribution in [3.8, 4) is 5.75 Å². The number of benzene rings is 1. The molecule has 29 heavy (non-hydrogen) atoms. The maximum absolute atomic E-state index is 12.5. The zero-order chi connectivity index (χ0) is 20.2. The summed E-state index contributed by atoms with van der Waals surface area (Å²) >= 11 is 2.89. The highest BCUT2D eigenvalue weighted by Crippen LogP contribution is 2.33. The molecule has 9 heteroatoms. The van der Waals surface area contributed by atoms with E-state index in [0.29, 0.717) is 17.8 Å². The molecule has 0 bridgehead atoms. The first-order valence-electron chi connectivity index (χ1n) is 10.0. The van der Waals surface area contributed by atoms with E-state index < -0.39 is 0 Å². The van der Waals surface area contributed by atoms with Gasteiger partial charge in [0.15, 0.2) is 10.3 Å². The van der Waals surface area contributed by atoms with Crippen LogP contribution < -0.4 is 10.1 Å².